The fourth-order valence-corrected chi connectivity index (χ4v) is 2.31. The molecule has 1 aromatic rings. The number of carbonyl (C=O) groups is 1. The molecule has 2 N–H and O–H groups in total. The molecule has 0 spiro atoms. The summed E-state index contributed by atoms with van der Waals surface area (Å²) in [6.07, 6.45) is 0.783. The molecule has 1 atom stereocenters. The lowest BCUT2D eigenvalue weighted by molar-refractivity contribution is -0.121. The van der Waals surface area contributed by atoms with Crippen LogP contribution in [0.3, 0.4) is 0 Å². The van der Waals surface area contributed by atoms with Crippen LogP contribution in [0.25, 0.3) is 10.4 Å². The van der Waals surface area contributed by atoms with Gasteiger partial charge in [-0.15, -0.1) is 0 Å². The molecule has 29 heavy (non-hydrogen) atoms. The Morgan fingerprint density at radius 3 is 2.41 bits per heavy atom. The molecule has 1 rings (SSSR count). The highest BCUT2D eigenvalue weighted by Crippen LogP contribution is 2.21. The van der Waals surface area contributed by atoms with Gasteiger partial charge in [0.05, 0.1) is 52.8 Å². The van der Waals surface area contributed by atoms with Gasteiger partial charge in [0.25, 0.3) is 0 Å². The van der Waals surface area contributed by atoms with Crippen LogP contribution < -0.4 is 10.1 Å². The van der Waals surface area contributed by atoms with Crippen molar-refractivity contribution in [3.05, 3.63) is 40.3 Å². The quantitative estimate of drug-likeness (QED) is 0.174. The van der Waals surface area contributed by atoms with E-state index in [4.69, 9.17) is 29.6 Å². The molecule has 0 aliphatic heterocycles. The zero-order valence-electron chi connectivity index (χ0n) is 16.8. The molecule has 10 nitrogen and oxygen atoms in total. The largest absolute Gasteiger partial charge is 0.497 e. The van der Waals surface area contributed by atoms with Gasteiger partial charge in [-0.2, -0.15) is 0 Å². The summed E-state index contributed by atoms with van der Waals surface area (Å²) >= 11 is 0. The van der Waals surface area contributed by atoms with Gasteiger partial charge in [0.2, 0.25) is 5.91 Å². The molecule has 0 aliphatic carbocycles. The van der Waals surface area contributed by atoms with E-state index in [9.17, 15) is 4.79 Å². The predicted molar refractivity (Wildman–Crippen MR) is 107 cm³/mol. The Hall–Kier alpha value is -2.36. The lowest BCUT2D eigenvalue weighted by atomic mass is 10.1. The third-order valence-corrected chi connectivity index (χ3v) is 3.84. The van der Waals surface area contributed by atoms with Crippen LogP contribution in [0.15, 0.2) is 29.4 Å². The van der Waals surface area contributed by atoms with Crippen LogP contribution in [0.4, 0.5) is 0 Å². The Bertz CT molecular complexity index is 607. The number of aliphatic hydroxyl groups excluding tert-OH is 1. The Balaban J connectivity index is 2.04. The topological polar surface area (TPSA) is 135 Å². The van der Waals surface area contributed by atoms with Gasteiger partial charge in [-0.25, -0.2) is 0 Å². The van der Waals surface area contributed by atoms with Crippen LogP contribution in [0.1, 0.15) is 24.4 Å². The third-order valence-electron chi connectivity index (χ3n) is 3.84. The standard InChI is InChI=1S/C19H30N4O6/c1-26-17-6-4-16(5-7-17)18(22-23-20)15-29-14-13-28-12-11-27-10-8-21-19(25)3-2-9-24/h4-7,18,24H,2-3,8-15H2,1H3,(H,21,25). The SMILES string of the molecule is COc1ccc(C(COCCOCCOCCNC(=O)CCCO)N=[N+]=[N-])cc1. The highest BCUT2D eigenvalue weighted by molar-refractivity contribution is 5.75. The second kappa shape index (κ2) is 16.6. The van der Waals surface area contributed by atoms with E-state index in [0.717, 1.165) is 11.3 Å². The van der Waals surface area contributed by atoms with E-state index in [-0.39, 0.29) is 19.1 Å². The maximum atomic E-state index is 11.3. The first-order valence-corrected chi connectivity index (χ1v) is 9.50. The van der Waals surface area contributed by atoms with Crippen molar-refractivity contribution in [1.29, 1.82) is 0 Å². The minimum atomic E-state index is -0.415. The second-order valence-electron chi connectivity index (χ2n) is 5.97. The van der Waals surface area contributed by atoms with E-state index in [1.54, 1.807) is 19.2 Å². The molecule has 0 aromatic heterocycles. The van der Waals surface area contributed by atoms with Gasteiger partial charge in [0, 0.05) is 24.5 Å². The molecule has 0 aliphatic rings. The van der Waals surface area contributed by atoms with Crippen LogP contribution in [-0.4, -0.2) is 70.9 Å². The number of nitrogens with one attached hydrogen (secondary N) is 1. The van der Waals surface area contributed by atoms with Gasteiger partial charge in [0.15, 0.2) is 0 Å². The highest BCUT2D eigenvalue weighted by Gasteiger charge is 2.10. The van der Waals surface area contributed by atoms with Crippen molar-refractivity contribution in [3.63, 3.8) is 0 Å². The average molecular weight is 410 g/mol. The number of carbonyl (C=O) groups excluding carboxylic acids is 1. The number of methoxy groups -OCH3 is 1. The zero-order chi connectivity index (χ0) is 21.2. The van der Waals surface area contributed by atoms with Gasteiger partial charge in [-0.3, -0.25) is 4.79 Å². The lowest BCUT2D eigenvalue weighted by Crippen LogP contribution is -2.27. The van der Waals surface area contributed by atoms with Crippen LogP contribution >= 0.6 is 0 Å². The molecule has 0 saturated heterocycles. The van der Waals surface area contributed by atoms with E-state index < -0.39 is 6.04 Å². The van der Waals surface area contributed by atoms with E-state index in [1.165, 1.54) is 0 Å². The van der Waals surface area contributed by atoms with Crippen molar-refractivity contribution in [2.24, 2.45) is 5.11 Å². The van der Waals surface area contributed by atoms with E-state index >= 15 is 0 Å². The lowest BCUT2D eigenvalue weighted by Gasteiger charge is -2.13. The van der Waals surface area contributed by atoms with Crippen molar-refractivity contribution in [3.8, 4) is 5.75 Å². The van der Waals surface area contributed by atoms with Crippen LogP contribution in [0, 0.1) is 0 Å². The van der Waals surface area contributed by atoms with Crippen LogP contribution in [0.2, 0.25) is 0 Å². The predicted octanol–water partition coefficient (Wildman–Crippen LogP) is 1.99. The van der Waals surface area contributed by atoms with Crippen LogP contribution in [-0.2, 0) is 19.0 Å². The van der Waals surface area contributed by atoms with Crippen LogP contribution in [0.5, 0.6) is 5.75 Å². The monoisotopic (exact) mass is 410 g/mol. The Labute approximate surface area is 170 Å². The van der Waals surface area contributed by atoms with E-state index in [1.807, 2.05) is 12.1 Å². The Morgan fingerprint density at radius 1 is 1.14 bits per heavy atom. The second-order valence-corrected chi connectivity index (χ2v) is 5.97. The molecule has 162 valence electrons. The summed E-state index contributed by atoms with van der Waals surface area (Å²) in [6, 6.07) is 6.87. The molecule has 1 amide bonds. The third kappa shape index (κ3) is 11.9. The molecule has 0 fully saturated rings. The summed E-state index contributed by atoms with van der Waals surface area (Å²) in [7, 11) is 1.59. The number of nitrogens with zero attached hydrogens (tertiary/aromatic N) is 3. The van der Waals surface area contributed by atoms with E-state index in [0.29, 0.717) is 52.4 Å². The van der Waals surface area contributed by atoms with Crippen molar-refractivity contribution >= 4 is 5.91 Å². The summed E-state index contributed by atoms with van der Waals surface area (Å²) < 4.78 is 21.4. The van der Waals surface area contributed by atoms with Crippen molar-refractivity contribution in [2.75, 3.05) is 59.9 Å². The number of hydrogen-bond acceptors (Lipinski definition) is 7. The average Bonchev–Trinajstić information content (AvgIpc) is 2.75. The van der Waals surface area contributed by atoms with Gasteiger partial charge >= 0.3 is 0 Å². The van der Waals surface area contributed by atoms with Gasteiger partial charge < -0.3 is 29.4 Å². The summed E-state index contributed by atoms with van der Waals surface area (Å²) in [4.78, 5) is 14.2. The first-order chi connectivity index (χ1) is 14.2. The smallest absolute Gasteiger partial charge is 0.220 e. The van der Waals surface area contributed by atoms with Crippen molar-refractivity contribution in [2.45, 2.75) is 18.9 Å². The fraction of sp³-hybridized carbons (Fsp3) is 0.632. The molecule has 0 bridgehead atoms. The maximum absolute atomic E-state index is 11.3. The van der Waals surface area contributed by atoms with Crippen molar-refractivity contribution in [1.82, 2.24) is 5.32 Å². The number of hydrogen-bond donors (Lipinski definition) is 2. The first kappa shape index (κ1) is 24.7. The molecular weight excluding hydrogens is 380 g/mol. The number of rotatable bonds is 17. The number of amides is 1. The Kier molecular flexibility index (Phi) is 14.1. The summed E-state index contributed by atoms with van der Waals surface area (Å²) in [5.41, 5.74) is 9.58. The molecule has 1 aromatic carbocycles. The molecule has 0 heterocycles. The highest BCUT2D eigenvalue weighted by atomic mass is 16.5. The van der Waals surface area contributed by atoms with E-state index in [2.05, 4.69) is 15.3 Å². The molecule has 0 radical (unpaired) electrons. The molecule has 1 unspecified atom stereocenters. The van der Waals surface area contributed by atoms with Gasteiger partial charge in [0.1, 0.15) is 5.75 Å². The fourth-order valence-electron chi connectivity index (χ4n) is 2.31. The molecule has 10 heteroatoms. The maximum Gasteiger partial charge on any atom is 0.220 e. The number of aliphatic hydroxyl groups is 1. The Morgan fingerprint density at radius 2 is 1.79 bits per heavy atom. The summed E-state index contributed by atoms with van der Waals surface area (Å²) in [6.45, 7) is 2.70. The van der Waals surface area contributed by atoms with Crippen molar-refractivity contribution < 1.29 is 28.8 Å². The minimum absolute atomic E-state index is 0.0125. The summed E-state index contributed by atoms with van der Waals surface area (Å²) in [5.74, 6) is 0.638. The normalized spacial score (nSPS) is 11.5. The number of azide groups is 1. The minimum Gasteiger partial charge on any atom is -0.497 e. The summed E-state index contributed by atoms with van der Waals surface area (Å²) in [5, 5.41) is 15.1. The number of benzene rings is 1. The molecule has 0 saturated carbocycles. The van der Waals surface area contributed by atoms with Gasteiger partial charge in [-0.1, -0.05) is 17.2 Å². The van der Waals surface area contributed by atoms with Gasteiger partial charge in [-0.05, 0) is 29.6 Å². The first-order valence-electron chi connectivity index (χ1n) is 9.50. The zero-order valence-corrected chi connectivity index (χ0v) is 16.8. The number of ether oxygens (including phenoxy) is 4. The molecular formula is C19H30N4O6.